The normalized spacial score (nSPS) is 16.6. The zero-order valence-electron chi connectivity index (χ0n) is 32.0. The zero-order chi connectivity index (χ0) is 39.2. The van der Waals surface area contributed by atoms with Crippen molar-refractivity contribution in [3.05, 3.63) is 102 Å². The quantitative estimate of drug-likeness (QED) is 0.0832. The predicted molar refractivity (Wildman–Crippen MR) is 211 cm³/mol. The molecule has 4 amide bonds. The molecule has 55 heavy (non-hydrogen) atoms. The summed E-state index contributed by atoms with van der Waals surface area (Å²) in [5.41, 5.74) is 2.13. The van der Waals surface area contributed by atoms with E-state index in [1.165, 1.54) is 6.33 Å². The number of H-pyrrole nitrogens is 1. The van der Waals surface area contributed by atoms with Crippen molar-refractivity contribution >= 4 is 34.6 Å². The van der Waals surface area contributed by atoms with Crippen molar-refractivity contribution in [2.45, 2.75) is 96.2 Å². The molecule has 1 aromatic heterocycles. The number of rotatable bonds is 19. The Morgan fingerprint density at radius 3 is 2.40 bits per heavy atom. The summed E-state index contributed by atoms with van der Waals surface area (Å²) in [6, 6.07) is 20.0. The second-order valence-electron chi connectivity index (χ2n) is 14.7. The number of ether oxygens (including phenoxy) is 1. The molecule has 13 nitrogen and oxygen atoms in total. The van der Waals surface area contributed by atoms with Crippen LogP contribution in [0.25, 0.3) is 10.8 Å². The smallest absolute Gasteiger partial charge is 0.408 e. The number of likely N-dealkylation sites (tertiary alicyclic amines) is 1. The van der Waals surface area contributed by atoms with Gasteiger partial charge in [-0.15, -0.1) is 0 Å². The molecule has 6 N–H and O–H groups in total. The van der Waals surface area contributed by atoms with E-state index in [4.69, 9.17) is 4.74 Å². The van der Waals surface area contributed by atoms with E-state index in [1.807, 2.05) is 86.6 Å². The van der Waals surface area contributed by atoms with Gasteiger partial charge in [0.05, 0.1) is 30.6 Å². The van der Waals surface area contributed by atoms with Gasteiger partial charge in [0.1, 0.15) is 18.7 Å². The van der Waals surface area contributed by atoms with E-state index in [2.05, 4.69) is 43.1 Å². The Balaban J connectivity index is 1.31. The number of nitrogens with zero attached hydrogens (tertiary/aromatic N) is 2. The summed E-state index contributed by atoms with van der Waals surface area (Å²) in [5.74, 6) is -1.37. The van der Waals surface area contributed by atoms with Crippen molar-refractivity contribution in [1.82, 2.24) is 36.1 Å². The first-order chi connectivity index (χ1) is 26.6. The second-order valence-corrected chi connectivity index (χ2v) is 14.7. The molecule has 0 saturated carbocycles. The standard InChI is InChI=1S/C42H55N7O6/c1-4-49-19-11-17-33(49)25-44-39(51)23-38(50)35(20-28(2)3)46-41(53)37(22-32-24-43-27-45-32)47-40(52)36(48-42(54)55-26-29-12-6-5-7-13-29)21-31-16-10-15-30-14-8-9-18-34(30)31/h5-10,12-16,18,24,27-28,33,35-38,50H,4,11,17,19-23,25-26H2,1-3H3,(H,43,45)(H,44,51)(H,46,53)(H,47,52)(H,48,54)/t33?,35-,36-,37-,38-/m0/s1. The number of nitrogens with one attached hydrogen (secondary N) is 5. The fourth-order valence-electron chi connectivity index (χ4n) is 7.18. The van der Waals surface area contributed by atoms with Crippen molar-refractivity contribution in [1.29, 1.82) is 0 Å². The van der Waals surface area contributed by atoms with Gasteiger partial charge in [-0.25, -0.2) is 9.78 Å². The average molecular weight is 754 g/mol. The summed E-state index contributed by atoms with van der Waals surface area (Å²) in [6.07, 6.45) is 3.62. The topological polar surface area (TPSA) is 178 Å². The number of alkyl carbamates (subject to hydrolysis) is 1. The molecule has 294 valence electrons. The molecule has 0 bridgehead atoms. The largest absolute Gasteiger partial charge is 0.445 e. The van der Waals surface area contributed by atoms with Crippen molar-refractivity contribution in [2.75, 3.05) is 19.6 Å². The van der Waals surface area contributed by atoms with E-state index < -0.39 is 42.1 Å². The van der Waals surface area contributed by atoms with Gasteiger partial charge in [0.2, 0.25) is 17.7 Å². The van der Waals surface area contributed by atoms with Gasteiger partial charge in [-0.1, -0.05) is 93.6 Å². The maximum atomic E-state index is 14.2. The molecule has 13 heteroatoms. The molecule has 0 radical (unpaired) electrons. The van der Waals surface area contributed by atoms with Crippen molar-refractivity contribution in [3.63, 3.8) is 0 Å². The highest BCUT2D eigenvalue weighted by Crippen LogP contribution is 2.21. The maximum Gasteiger partial charge on any atom is 0.408 e. The summed E-state index contributed by atoms with van der Waals surface area (Å²) >= 11 is 0. The molecule has 3 aromatic carbocycles. The number of carbonyl (C=O) groups is 4. The second kappa shape index (κ2) is 20.4. The molecule has 5 atom stereocenters. The molecule has 1 aliphatic rings. The molecular formula is C42H55N7O6. The van der Waals surface area contributed by atoms with Crippen molar-refractivity contribution in [3.8, 4) is 0 Å². The third kappa shape index (κ3) is 12.4. The van der Waals surface area contributed by atoms with Crippen LogP contribution < -0.4 is 21.3 Å². The third-order valence-corrected chi connectivity index (χ3v) is 10.1. The molecule has 1 saturated heterocycles. The zero-order valence-corrected chi connectivity index (χ0v) is 32.0. The minimum absolute atomic E-state index is 0.00875. The number of hydrogen-bond donors (Lipinski definition) is 6. The molecule has 2 heterocycles. The lowest BCUT2D eigenvalue weighted by molar-refractivity contribution is -0.131. The van der Waals surface area contributed by atoms with E-state index in [1.54, 1.807) is 6.20 Å². The van der Waals surface area contributed by atoms with E-state index in [-0.39, 0.29) is 43.7 Å². The fraction of sp³-hybridized carbons (Fsp3) is 0.452. The highest BCUT2D eigenvalue weighted by molar-refractivity contribution is 5.93. The summed E-state index contributed by atoms with van der Waals surface area (Å²) in [6.45, 7) is 8.48. The highest BCUT2D eigenvalue weighted by atomic mass is 16.5. The van der Waals surface area contributed by atoms with Gasteiger partial charge in [0, 0.05) is 31.6 Å². The average Bonchev–Trinajstić information content (AvgIpc) is 3.88. The number of likely N-dealkylation sites (N-methyl/N-ethyl adjacent to an activating group) is 1. The number of aromatic nitrogens is 2. The number of benzene rings is 3. The molecule has 0 aliphatic carbocycles. The lowest BCUT2D eigenvalue weighted by atomic mass is 9.96. The molecule has 1 unspecified atom stereocenters. The Morgan fingerprint density at radius 2 is 1.65 bits per heavy atom. The van der Waals surface area contributed by atoms with Crippen LogP contribution in [0.2, 0.25) is 0 Å². The highest BCUT2D eigenvalue weighted by Gasteiger charge is 2.32. The van der Waals surface area contributed by atoms with Gasteiger partial charge >= 0.3 is 6.09 Å². The summed E-state index contributed by atoms with van der Waals surface area (Å²) in [5, 5.41) is 24.7. The number of hydrogen-bond acceptors (Lipinski definition) is 8. The number of fused-ring (bicyclic) bond motifs is 1. The van der Waals surface area contributed by atoms with Crippen LogP contribution in [-0.4, -0.2) is 93.7 Å². The lowest BCUT2D eigenvalue weighted by Gasteiger charge is -2.29. The number of imidazole rings is 1. The van der Waals surface area contributed by atoms with Crippen LogP contribution in [0.4, 0.5) is 4.79 Å². The Bertz CT molecular complexity index is 1830. The minimum atomic E-state index is -1.17. The van der Waals surface area contributed by atoms with E-state index in [9.17, 15) is 24.3 Å². The van der Waals surface area contributed by atoms with Gasteiger partial charge < -0.3 is 36.1 Å². The van der Waals surface area contributed by atoms with Crippen LogP contribution in [0.1, 0.15) is 63.3 Å². The van der Waals surface area contributed by atoms with Crippen LogP contribution in [0.15, 0.2) is 85.3 Å². The maximum absolute atomic E-state index is 14.2. The van der Waals surface area contributed by atoms with Crippen LogP contribution in [0.3, 0.4) is 0 Å². The van der Waals surface area contributed by atoms with Gasteiger partial charge in [0.15, 0.2) is 0 Å². The Morgan fingerprint density at radius 1 is 0.927 bits per heavy atom. The Labute approximate surface area is 323 Å². The number of amides is 4. The number of aliphatic hydroxyl groups excluding tert-OH is 1. The molecule has 4 aromatic rings. The fourth-order valence-corrected chi connectivity index (χ4v) is 7.18. The van der Waals surface area contributed by atoms with Gasteiger partial charge in [-0.3, -0.25) is 19.3 Å². The van der Waals surface area contributed by atoms with Crippen LogP contribution in [-0.2, 0) is 38.6 Å². The van der Waals surface area contributed by atoms with Gasteiger partial charge in [-0.2, -0.15) is 0 Å². The first-order valence-electron chi connectivity index (χ1n) is 19.3. The van der Waals surface area contributed by atoms with Gasteiger partial charge in [0.25, 0.3) is 0 Å². The van der Waals surface area contributed by atoms with Crippen LogP contribution in [0.5, 0.6) is 0 Å². The number of carbonyl (C=O) groups excluding carboxylic acids is 4. The monoisotopic (exact) mass is 753 g/mol. The predicted octanol–water partition coefficient (Wildman–Crippen LogP) is 4.01. The molecule has 1 aliphatic heterocycles. The molecular weight excluding hydrogens is 699 g/mol. The lowest BCUT2D eigenvalue weighted by Crippen LogP contribution is -2.57. The SMILES string of the molecule is CCN1CCCC1CNC(=O)C[C@H](O)[C@H](CC(C)C)NC(=O)[C@H](Cc1c[nH]cn1)NC(=O)[C@H](Cc1cccc2ccccc12)NC(=O)OCc1ccccc1. The van der Waals surface area contributed by atoms with Gasteiger partial charge in [-0.05, 0) is 60.2 Å². The van der Waals surface area contributed by atoms with Crippen LogP contribution in [0, 0.1) is 5.92 Å². The Hall–Kier alpha value is -5.27. The molecule has 0 spiro atoms. The summed E-state index contributed by atoms with van der Waals surface area (Å²) in [7, 11) is 0. The van der Waals surface area contributed by atoms with E-state index in [0.717, 1.165) is 47.8 Å². The Kier molecular flexibility index (Phi) is 15.2. The first kappa shape index (κ1) is 40.9. The molecule has 1 fully saturated rings. The first-order valence-corrected chi connectivity index (χ1v) is 19.3. The number of aliphatic hydroxyl groups is 1. The number of aromatic amines is 1. The minimum Gasteiger partial charge on any atom is -0.445 e. The van der Waals surface area contributed by atoms with Crippen molar-refractivity contribution < 1.29 is 29.0 Å². The van der Waals surface area contributed by atoms with Crippen molar-refractivity contribution in [2.24, 2.45) is 5.92 Å². The van der Waals surface area contributed by atoms with E-state index in [0.29, 0.717) is 18.7 Å². The molecule has 5 rings (SSSR count). The van der Waals surface area contributed by atoms with Crippen LogP contribution >= 0.6 is 0 Å². The third-order valence-electron chi connectivity index (χ3n) is 10.1. The van der Waals surface area contributed by atoms with E-state index >= 15 is 0 Å². The summed E-state index contributed by atoms with van der Waals surface area (Å²) < 4.78 is 5.49. The summed E-state index contributed by atoms with van der Waals surface area (Å²) in [4.78, 5) is 63.9.